The molecule has 3 amide bonds. The van der Waals surface area contributed by atoms with Crippen molar-refractivity contribution in [3.63, 3.8) is 0 Å². The fourth-order valence-electron chi connectivity index (χ4n) is 2.01. The van der Waals surface area contributed by atoms with E-state index in [2.05, 4.69) is 10.6 Å². The molecule has 1 aromatic carbocycles. The third kappa shape index (κ3) is 4.08. The van der Waals surface area contributed by atoms with Crippen LogP contribution in [0.3, 0.4) is 0 Å². The first-order valence-electron chi connectivity index (χ1n) is 6.54. The predicted octanol–water partition coefficient (Wildman–Crippen LogP) is 0.364. The van der Waals surface area contributed by atoms with Gasteiger partial charge in [0.05, 0.1) is 13.1 Å². The van der Waals surface area contributed by atoms with E-state index in [0.29, 0.717) is 18.7 Å². The van der Waals surface area contributed by atoms with Gasteiger partial charge in [0.2, 0.25) is 17.7 Å². The lowest BCUT2D eigenvalue weighted by Gasteiger charge is -2.14. The summed E-state index contributed by atoms with van der Waals surface area (Å²) < 4.78 is 0. The molecule has 106 valence electrons. The minimum absolute atomic E-state index is 0.00566. The van der Waals surface area contributed by atoms with Gasteiger partial charge in [0.1, 0.15) is 0 Å². The maximum Gasteiger partial charge on any atom is 0.243 e. The smallest absolute Gasteiger partial charge is 0.243 e. The van der Waals surface area contributed by atoms with E-state index >= 15 is 0 Å². The van der Waals surface area contributed by atoms with Crippen LogP contribution in [0.2, 0.25) is 0 Å². The molecule has 1 fully saturated rings. The second-order valence-electron chi connectivity index (χ2n) is 4.61. The Morgan fingerprint density at radius 2 is 1.90 bits per heavy atom. The normalized spacial score (nSPS) is 14.2. The Balaban J connectivity index is 1.70. The van der Waals surface area contributed by atoms with E-state index in [4.69, 9.17) is 0 Å². The molecular formula is C14H17N3O3. The summed E-state index contributed by atoms with van der Waals surface area (Å²) in [6, 6.07) is 9.01. The van der Waals surface area contributed by atoms with Crippen molar-refractivity contribution in [1.29, 1.82) is 0 Å². The summed E-state index contributed by atoms with van der Waals surface area (Å²) in [5.41, 5.74) is 0.682. The van der Waals surface area contributed by atoms with Crippen molar-refractivity contribution >= 4 is 23.4 Å². The summed E-state index contributed by atoms with van der Waals surface area (Å²) in [6.07, 6.45) is 1.29. The van der Waals surface area contributed by atoms with Gasteiger partial charge >= 0.3 is 0 Å². The maximum atomic E-state index is 11.6. The van der Waals surface area contributed by atoms with Crippen LogP contribution in [0.15, 0.2) is 30.3 Å². The molecule has 6 nitrogen and oxygen atoms in total. The second kappa shape index (κ2) is 6.70. The van der Waals surface area contributed by atoms with E-state index in [1.165, 1.54) is 4.90 Å². The van der Waals surface area contributed by atoms with Gasteiger partial charge in [-0.2, -0.15) is 0 Å². The minimum atomic E-state index is -0.316. The van der Waals surface area contributed by atoms with Crippen molar-refractivity contribution in [2.75, 3.05) is 25.0 Å². The zero-order valence-corrected chi connectivity index (χ0v) is 11.1. The zero-order chi connectivity index (χ0) is 14.4. The van der Waals surface area contributed by atoms with Crippen molar-refractivity contribution in [1.82, 2.24) is 10.2 Å². The fraction of sp³-hybridized carbons (Fsp3) is 0.357. The molecule has 0 unspecified atom stereocenters. The summed E-state index contributed by atoms with van der Waals surface area (Å²) >= 11 is 0. The number of anilines is 1. The standard InChI is InChI=1S/C14H17N3O3/c18-12(16-11-5-2-1-3-6-11)9-15-13(19)10-17-8-4-7-14(17)20/h1-3,5-6H,4,7-10H2,(H,15,19)(H,16,18). The fourth-order valence-corrected chi connectivity index (χ4v) is 2.01. The molecule has 1 saturated heterocycles. The minimum Gasteiger partial charge on any atom is -0.345 e. The maximum absolute atomic E-state index is 11.6. The molecule has 1 aromatic rings. The quantitative estimate of drug-likeness (QED) is 0.814. The third-order valence-electron chi connectivity index (χ3n) is 3.01. The number of nitrogens with zero attached hydrogens (tertiary/aromatic N) is 1. The number of hydrogen-bond donors (Lipinski definition) is 2. The number of benzene rings is 1. The SMILES string of the molecule is O=C(CN1CCCC1=O)NCC(=O)Nc1ccccc1. The largest absolute Gasteiger partial charge is 0.345 e. The lowest BCUT2D eigenvalue weighted by atomic mass is 10.3. The van der Waals surface area contributed by atoms with Gasteiger partial charge in [0, 0.05) is 18.7 Å². The van der Waals surface area contributed by atoms with Gasteiger partial charge in [-0.15, -0.1) is 0 Å². The van der Waals surface area contributed by atoms with Crippen molar-refractivity contribution in [2.45, 2.75) is 12.8 Å². The van der Waals surface area contributed by atoms with Crippen LogP contribution in [0, 0.1) is 0 Å². The average Bonchev–Trinajstić information content (AvgIpc) is 2.83. The molecular weight excluding hydrogens is 258 g/mol. The molecule has 1 heterocycles. The molecule has 2 rings (SSSR count). The molecule has 0 aromatic heterocycles. The topological polar surface area (TPSA) is 78.5 Å². The van der Waals surface area contributed by atoms with Crippen LogP contribution in [0.4, 0.5) is 5.69 Å². The molecule has 1 aliphatic rings. The summed E-state index contributed by atoms with van der Waals surface area (Å²) in [7, 11) is 0. The van der Waals surface area contributed by atoms with Crippen LogP contribution < -0.4 is 10.6 Å². The Kier molecular flexibility index (Phi) is 4.70. The van der Waals surface area contributed by atoms with E-state index in [1.807, 2.05) is 18.2 Å². The van der Waals surface area contributed by atoms with Crippen molar-refractivity contribution in [3.05, 3.63) is 30.3 Å². The Bertz CT molecular complexity index is 502. The van der Waals surface area contributed by atoms with Crippen LogP contribution in [-0.2, 0) is 14.4 Å². The highest BCUT2D eigenvalue weighted by Crippen LogP contribution is 2.08. The van der Waals surface area contributed by atoms with Gasteiger partial charge in [0.25, 0.3) is 0 Å². The Morgan fingerprint density at radius 1 is 1.15 bits per heavy atom. The molecule has 0 atom stereocenters. The number of likely N-dealkylation sites (tertiary alicyclic amines) is 1. The van der Waals surface area contributed by atoms with Crippen LogP contribution in [-0.4, -0.2) is 42.3 Å². The lowest BCUT2D eigenvalue weighted by molar-refractivity contribution is -0.133. The van der Waals surface area contributed by atoms with Gasteiger partial charge in [0.15, 0.2) is 0 Å². The van der Waals surface area contributed by atoms with Gasteiger partial charge in [-0.05, 0) is 18.6 Å². The van der Waals surface area contributed by atoms with E-state index in [0.717, 1.165) is 6.42 Å². The molecule has 6 heteroatoms. The highest BCUT2D eigenvalue weighted by Gasteiger charge is 2.22. The first-order valence-corrected chi connectivity index (χ1v) is 6.54. The van der Waals surface area contributed by atoms with Crippen LogP contribution >= 0.6 is 0 Å². The van der Waals surface area contributed by atoms with Gasteiger partial charge < -0.3 is 15.5 Å². The van der Waals surface area contributed by atoms with Gasteiger partial charge in [-0.25, -0.2) is 0 Å². The van der Waals surface area contributed by atoms with Crippen molar-refractivity contribution < 1.29 is 14.4 Å². The second-order valence-corrected chi connectivity index (χ2v) is 4.61. The van der Waals surface area contributed by atoms with E-state index in [1.54, 1.807) is 12.1 Å². The summed E-state index contributed by atoms with van der Waals surface area (Å²) in [4.78, 5) is 36.1. The number of amides is 3. The molecule has 1 aliphatic heterocycles. The molecule has 2 N–H and O–H groups in total. The van der Waals surface area contributed by atoms with Crippen LogP contribution in [0.5, 0.6) is 0 Å². The Hall–Kier alpha value is -2.37. The molecule has 0 aliphatic carbocycles. The van der Waals surface area contributed by atoms with Gasteiger partial charge in [-0.3, -0.25) is 14.4 Å². The van der Waals surface area contributed by atoms with Crippen molar-refractivity contribution in [3.8, 4) is 0 Å². The van der Waals surface area contributed by atoms with Gasteiger partial charge in [-0.1, -0.05) is 18.2 Å². The van der Waals surface area contributed by atoms with Crippen molar-refractivity contribution in [2.24, 2.45) is 0 Å². The highest BCUT2D eigenvalue weighted by molar-refractivity contribution is 5.95. The summed E-state index contributed by atoms with van der Waals surface area (Å²) in [5.74, 6) is -0.616. The molecule has 0 bridgehead atoms. The van der Waals surface area contributed by atoms with E-state index < -0.39 is 0 Å². The lowest BCUT2D eigenvalue weighted by Crippen LogP contribution is -2.40. The highest BCUT2D eigenvalue weighted by atomic mass is 16.2. The van der Waals surface area contributed by atoms with E-state index in [9.17, 15) is 14.4 Å². The Labute approximate surface area is 117 Å². The molecule has 0 saturated carbocycles. The van der Waals surface area contributed by atoms with Crippen LogP contribution in [0.1, 0.15) is 12.8 Å². The first-order chi connectivity index (χ1) is 9.65. The summed E-state index contributed by atoms with van der Waals surface area (Å²) in [6.45, 7) is 0.537. The number of nitrogens with one attached hydrogen (secondary N) is 2. The molecule has 0 spiro atoms. The predicted molar refractivity (Wildman–Crippen MR) is 73.9 cm³/mol. The number of hydrogen-bond acceptors (Lipinski definition) is 3. The number of rotatable bonds is 5. The van der Waals surface area contributed by atoms with E-state index in [-0.39, 0.29) is 30.8 Å². The first kappa shape index (κ1) is 14.0. The monoisotopic (exact) mass is 275 g/mol. The Morgan fingerprint density at radius 3 is 2.55 bits per heavy atom. The summed E-state index contributed by atoms with van der Waals surface area (Å²) in [5, 5.41) is 5.17. The zero-order valence-electron chi connectivity index (χ0n) is 11.1. The van der Waals surface area contributed by atoms with Crippen LogP contribution in [0.25, 0.3) is 0 Å². The molecule has 20 heavy (non-hydrogen) atoms. The molecule has 0 radical (unpaired) electrons. The third-order valence-corrected chi connectivity index (χ3v) is 3.01. The number of para-hydroxylation sites is 1. The number of carbonyl (C=O) groups is 3. The average molecular weight is 275 g/mol. The number of carbonyl (C=O) groups excluding carboxylic acids is 3.